The molecular weight excluding hydrogens is 482 g/mol. The molecule has 0 aliphatic rings. The number of ether oxygens (including phenoxy) is 2. The van der Waals surface area contributed by atoms with Crippen molar-refractivity contribution in [3.8, 4) is 11.5 Å². The maximum Gasteiger partial charge on any atom is 0.242 e. The van der Waals surface area contributed by atoms with Crippen LogP contribution in [-0.2, 0) is 26.2 Å². The van der Waals surface area contributed by atoms with Gasteiger partial charge in [0.2, 0.25) is 21.8 Å². The average molecular weight is 520 g/mol. The summed E-state index contributed by atoms with van der Waals surface area (Å²) in [5.74, 6) is 0.753. The maximum atomic E-state index is 13.4. The molecule has 0 aliphatic heterocycles. The number of carbonyl (C=O) groups excluding carboxylic acids is 2. The van der Waals surface area contributed by atoms with Gasteiger partial charge >= 0.3 is 0 Å². The number of rotatable bonds is 14. The Morgan fingerprint density at radius 3 is 2.22 bits per heavy atom. The summed E-state index contributed by atoms with van der Waals surface area (Å²) in [4.78, 5) is 27.7. The van der Waals surface area contributed by atoms with E-state index in [-0.39, 0.29) is 37.7 Å². The zero-order valence-electron chi connectivity index (χ0n) is 21.7. The first-order valence-corrected chi connectivity index (χ1v) is 13.8. The van der Waals surface area contributed by atoms with Gasteiger partial charge in [0.1, 0.15) is 17.5 Å². The van der Waals surface area contributed by atoms with E-state index in [1.165, 1.54) is 11.4 Å². The topological polar surface area (TPSA) is 105 Å². The van der Waals surface area contributed by atoms with Crippen molar-refractivity contribution in [2.75, 3.05) is 37.9 Å². The minimum absolute atomic E-state index is 0.0792. The van der Waals surface area contributed by atoms with Crippen LogP contribution in [0.25, 0.3) is 0 Å². The number of sulfonamides is 1. The first-order valence-electron chi connectivity index (χ1n) is 12.0. The molecule has 0 bridgehead atoms. The summed E-state index contributed by atoms with van der Waals surface area (Å²) in [7, 11) is -0.501. The van der Waals surface area contributed by atoms with Crippen LogP contribution in [0.2, 0.25) is 0 Å². The van der Waals surface area contributed by atoms with Gasteiger partial charge in [-0.3, -0.25) is 13.9 Å². The Balaban J connectivity index is 2.23. The van der Waals surface area contributed by atoms with Crippen LogP contribution in [0.5, 0.6) is 11.5 Å². The lowest BCUT2D eigenvalue weighted by molar-refractivity contribution is -0.141. The molecule has 10 heteroatoms. The van der Waals surface area contributed by atoms with E-state index in [1.54, 1.807) is 36.3 Å². The number of hydrogen-bond donors (Lipinski definition) is 1. The van der Waals surface area contributed by atoms with Gasteiger partial charge in [-0.05, 0) is 49.6 Å². The number of amides is 2. The second kappa shape index (κ2) is 13.7. The van der Waals surface area contributed by atoms with Gasteiger partial charge in [-0.2, -0.15) is 0 Å². The largest absolute Gasteiger partial charge is 0.497 e. The normalized spacial score (nSPS) is 11.9. The molecule has 2 rings (SSSR count). The van der Waals surface area contributed by atoms with Gasteiger partial charge in [-0.15, -0.1) is 0 Å². The Morgan fingerprint density at radius 2 is 1.64 bits per heavy atom. The molecule has 198 valence electrons. The fourth-order valence-electron chi connectivity index (χ4n) is 3.95. The van der Waals surface area contributed by atoms with Crippen LogP contribution in [0, 0.1) is 0 Å². The Hall–Kier alpha value is -3.27. The molecule has 1 N–H and O–H groups in total. The lowest BCUT2D eigenvalue weighted by Gasteiger charge is -2.31. The monoisotopic (exact) mass is 519 g/mol. The molecule has 2 amide bonds. The smallest absolute Gasteiger partial charge is 0.242 e. The minimum atomic E-state index is -3.58. The highest BCUT2D eigenvalue weighted by atomic mass is 32.2. The third-order valence-electron chi connectivity index (χ3n) is 5.72. The highest BCUT2D eigenvalue weighted by Crippen LogP contribution is 2.24. The van der Waals surface area contributed by atoms with Crippen LogP contribution in [0.3, 0.4) is 0 Å². The number of nitrogens with zero attached hydrogens (tertiary/aromatic N) is 2. The zero-order valence-corrected chi connectivity index (χ0v) is 22.5. The molecule has 2 aromatic carbocycles. The molecule has 0 unspecified atom stereocenters. The number of hydrogen-bond acceptors (Lipinski definition) is 6. The third-order valence-corrected chi connectivity index (χ3v) is 6.91. The van der Waals surface area contributed by atoms with Crippen molar-refractivity contribution in [1.82, 2.24) is 10.2 Å². The highest BCUT2D eigenvalue weighted by molar-refractivity contribution is 7.92. The van der Waals surface area contributed by atoms with Crippen LogP contribution < -0.4 is 19.1 Å². The second-order valence-electron chi connectivity index (χ2n) is 8.33. The second-order valence-corrected chi connectivity index (χ2v) is 10.2. The number of benzene rings is 2. The number of carbonyl (C=O) groups is 2. The van der Waals surface area contributed by atoms with Crippen LogP contribution in [0.15, 0.2) is 48.5 Å². The van der Waals surface area contributed by atoms with E-state index in [4.69, 9.17) is 9.47 Å². The molecule has 36 heavy (non-hydrogen) atoms. The summed E-state index contributed by atoms with van der Waals surface area (Å²) >= 11 is 0. The van der Waals surface area contributed by atoms with E-state index in [0.29, 0.717) is 30.2 Å². The summed E-state index contributed by atoms with van der Waals surface area (Å²) in [6.07, 6.45) is 1.94. The van der Waals surface area contributed by atoms with Gasteiger partial charge in [0.25, 0.3) is 0 Å². The molecule has 0 heterocycles. The van der Waals surface area contributed by atoms with Crippen LogP contribution in [-0.4, -0.2) is 64.7 Å². The van der Waals surface area contributed by atoms with Crippen molar-refractivity contribution in [3.63, 3.8) is 0 Å². The van der Waals surface area contributed by atoms with Crippen molar-refractivity contribution in [1.29, 1.82) is 0 Å². The maximum absolute atomic E-state index is 13.4. The lowest BCUT2D eigenvalue weighted by Crippen LogP contribution is -2.49. The van der Waals surface area contributed by atoms with Gasteiger partial charge < -0.3 is 19.7 Å². The van der Waals surface area contributed by atoms with E-state index in [9.17, 15) is 18.0 Å². The summed E-state index contributed by atoms with van der Waals surface area (Å²) in [6.45, 7) is 4.50. The van der Waals surface area contributed by atoms with Gasteiger partial charge in [-0.25, -0.2) is 8.42 Å². The molecule has 0 aliphatic carbocycles. The predicted octanol–water partition coefficient (Wildman–Crippen LogP) is 3.19. The molecular formula is C26H37N3O6S. The minimum Gasteiger partial charge on any atom is -0.497 e. The first kappa shape index (κ1) is 29.0. The molecule has 0 aromatic heterocycles. The Morgan fingerprint density at radius 1 is 1.00 bits per heavy atom. The Bertz CT molecular complexity index is 1120. The molecule has 1 atom stereocenters. The molecule has 0 saturated heterocycles. The van der Waals surface area contributed by atoms with Crippen LogP contribution in [0.4, 0.5) is 5.69 Å². The number of likely N-dealkylation sites (N-methyl/N-ethyl adjacent to an activating group) is 1. The van der Waals surface area contributed by atoms with E-state index in [2.05, 4.69) is 5.32 Å². The number of anilines is 1. The quantitative estimate of drug-likeness (QED) is 0.411. The summed E-state index contributed by atoms with van der Waals surface area (Å²) in [6, 6.07) is 13.5. The zero-order chi connectivity index (χ0) is 26.7. The van der Waals surface area contributed by atoms with Crippen molar-refractivity contribution in [2.24, 2.45) is 0 Å². The van der Waals surface area contributed by atoms with Crippen molar-refractivity contribution in [3.05, 3.63) is 54.1 Å². The standard InChI is InChI=1S/C26H37N3O6S/c1-6-24(26(31)27-7-2)28(19-20-11-8-13-22(17-20)34-3)25(30)15-10-16-29(36(5,32)33)21-12-9-14-23(18-21)35-4/h8-9,11-14,17-18,24H,6-7,10,15-16,19H2,1-5H3,(H,27,31)/t24-/m1/s1. The molecule has 0 fully saturated rings. The summed E-state index contributed by atoms with van der Waals surface area (Å²) in [5, 5.41) is 2.81. The van der Waals surface area contributed by atoms with E-state index in [0.717, 1.165) is 11.8 Å². The Kier molecular flexibility index (Phi) is 11.0. The van der Waals surface area contributed by atoms with Crippen molar-refractivity contribution >= 4 is 27.5 Å². The average Bonchev–Trinajstić information content (AvgIpc) is 2.85. The lowest BCUT2D eigenvalue weighted by atomic mass is 10.1. The van der Waals surface area contributed by atoms with Crippen LogP contribution >= 0.6 is 0 Å². The first-order chi connectivity index (χ1) is 17.1. The number of methoxy groups -OCH3 is 2. The molecule has 9 nitrogen and oxygen atoms in total. The highest BCUT2D eigenvalue weighted by Gasteiger charge is 2.28. The van der Waals surface area contributed by atoms with Crippen molar-refractivity contribution in [2.45, 2.75) is 45.7 Å². The van der Waals surface area contributed by atoms with Crippen molar-refractivity contribution < 1.29 is 27.5 Å². The third kappa shape index (κ3) is 8.15. The van der Waals surface area contributed by atoms with E-state index in [1.807, 2.05) is 38.1 Å². The SMILES string of the molecule is CCNC(=O)[C@@H](CC)N(Cc1cccc(OC)c1)C(=O)CCCN(c1cccc(OC)c1)S(C)(=O)=O. The molecule has 0 radical (unpaired) electrons. The van der Waals surface area contributed by atoms with Gasteiger partial charge in [0, 0.05) is 32.1 Å². The van der Waals surface area contributed by atoms with Gasteiger partial charge in [-0.1, -0.05) is 25.1 Å². The fourth-order valence-corrected chi connectivity index (χ4v) is 4.91. The predicted molar refractivity (Wildman–Crippen MR) is 141 cm³/mol. The summed E-state index contributed by atoms with van der Waals surface area (Å²) < 4.78 is 36.7. The molecule has 0 saturated carbocycles. The van der Waals surface area contributed by atoms with Crippen LogP contribution in [0.1, 0.15) is 38.7 Å². The Labute approximate surface area is 214 Å². The van der Waals surface area contributed by atoms with E-state index < -0.39 is 16.1 Å². The molecule has 2 aromatic rings. The number of nitrogens with one attached hydrogen (secondary N) is 1. The fraction of sp³-hybridized carbons (Fsp3) is 0.462. The van der Waals surface area contributed by atoms with E-state index >= 15 is 0 Å². The molecule has 0 spiro atoms. The summed E-state index contributed by atoms with van der Waals surface area (Å²) in [5.41, 5.74) is 1.30. The van der Waals surface area contributed by atoms with Gasteiger partial charge in [0.15, 0.2) is 0 Å². The van der Waals surface area contributed by atoms with Gasteiger partial charge in [0.05, 0.1) is 26.2 Å².